The molecule has 0 saturated heterocycles. The summed E-state index contributed by atoms with van der Waals surface area (Å²) in [4.78, 5) is 3.81. The molecule has 20 heavy (non-hydrogen) atoms. The lowest BCUT2D eigenvalue weighted by Gasteiger charge is -2.21. The van der Waals surface area contributed by atoms with Gasteiger partial charge in [0.05, 0.1) is 6.61 Å². The Morgan fingerprint density at radius 3 is 2.65 bits per heavy atom. The fourth-order valence-electron chi connectivity index (χ4n) is 1.94. The molecule has 0 aliphatic heterocycles. The maximum atomic E-state index is 12.5. The van der Waals surface area contributed by atoms with Crippen LogP contribution in [0.4, 0.5) is 5.82 Å². The smallest absolute Gasteiger partial charge is 0.246 e. The van der Waals surface area contributed by atoms with Gasteiger partial charge in [-0.15, -0.1) is 0 Å². The molecule has 0 aliphatic carbocycles. The van der Waals surface area contributed by atoms with Gasteiger partial charge in [-0.25, -0.2) is 13.4 Å². The molecule has 1 aromatic heterocycles. The Hall–Kier alpha value is -1.18. The minimum Gasteiger partial charge on any atom is -0.395 e. The van der Waals surface area contributed by atoms with Crippen LogP contribution in [0.3, 0.4) is 0 Å². The minimum absolute atomic E-state index is 0.00365. The molecule has 0 unspecified atom stereocenters. The van der Waals surface area contributed by atoms with E-state index in [1.807, 2.05) is 0 Å². The first-order valence-electron chi connectivity index (χ1n) is 6.85. The van der Waals surface area contributed by atoms with Crippen molar-refractivity contribution in [1.29, 1.82) is 0 Å². The van der Waals surface area contributed by atoms with E-state index < -0.39 is 10.0 Å². The van der Waals surface area contributed by atoms with Gasteiger partial charge in [0.1, 0.15) is 10.7 Å². The second kappa shape index (κ2) is 8.18. The number of rotatable bonds is 9. The highest BCUT2D eigenvalue weighted by atomic mass is 32.2. The summed E-state index contributed by atoms with van der Waals surface area (Å²) >= 11 is 0. The fourth-order valence-corrected chi connectivity index (χ4v) is 3.48. The molecule has 1 rings (SSSR count). The molecule has 1 heterocycles. The molecule has 0 radical (unpaired) electrons. The summed E-state index contributed by atoms with van der Waals surface area (Å²) in [5.41, 5.74) is 5.64. The lowest BCUT2D eigenvalue weighted by Crippen LogP contribution is -2.35. The Bertz CT molecular complexity index is 505. The number of aromatic nitrogens is 1. The number of anilines is 1. The average molecular weight is 301 g/mol. The van der Waals surface area contributed by atoms with Gasteiger partial charge in [0.2, 0.25) is 10.0 Å². The molecule has 0 saturated carbocycles. The number of nitrogen functional groups attached to an aromatic ring is 1. The first-order valence-corrected chi connectivity index (χ1v) is 8.29. The van der Waals surface area contributed by atoms with Crippen molar-refractivity contribution in [3.8, 4) is 0 Å². The zero-order chi connectivity index (χ0) is 15.0. The predicted molar refractivity (Wildman–Crippen MR) is 78.6 cm³/mol. The lowest BCUT2D eigenvalue weighted by atomic mass is 10.2. The van der Waals surface area contributed by atoms with Gasteiger partial charge in [-0.1, -0.05) is 26.2 Å². The van der Waals surface area contributed by atoms with E-state index in [0.29, 0.717) is 6.54 Å². The van der Waals surface area contributed by atoms with Crippen LogP contribution in [0.15, 0.2) is 23.2 Å². The second-order valence-corrected chi connectivity index (χ2v) is 6.48. The molecule has 3 N–H and O–H groups in total. The second-order valence-electron chi connectivity index (χ2n) is 4.58. The van der Waals surface area contributed by atoms with E-state index in [9.17, 15) is 8.42 Å². The first kappa shape index (κ1) is 16.9. The van der Waals surface area contributed by atoms with E-state index in [0.717, 1.165) is 25.7 Å². The molecule has 7 heteroatoms. The highest BCUT2D eigenvalue weighted by molar-refractivity contribution is 7.89. The number of hydrogen-bond acceptors (Lipinski definition) is 5. The molecule has 0 bridgehead atoms. The molecule has 0 fully saturated rings. The van der Waals surface area contributed by atoms with Gasteiger partial charge < -0.3 is 10.8 Å². The number of sulfonamides is 1. The van der Waals surface area contributed by atoms with Crippen molar-refractivity contribution in [2.45, 2.75) is 37.5 Å². The largest absolute Gasteiger partial charge is 0.395 e. The molecule has 0 amide bonds. The van der Waals surface area contributed by atoms with Crippen LogP contribution in [0.2, 0.25) is 0 Å². The minimum atomic E-state index is -3.70. The van der Waals surface area contributed by atoms with Crippen molar-refractivity contribution in [2.75, 3.05) is 25.4 Å². The number of nitrogens with zero attached hydrogens (tertiary/aromatic N) is 2. The van der Waals surface area contributed by atoms with Crippen molar-refractivity contribution in [3.63, 3.8) is 0 Å². The highest BCUT2D eigenvalue weighted by Gasteiger charge is 2.26. The Morgan fingerprint density at radius 1 is 1.30 bits per heavy atom. The normalized spacial score (nSPS) is 11.9. The molecular weight excluding hydrogens is 278 g/mol. The molecule has 0 aromatic carbocycles. The van der Waals surface area contributed by atoms with Crippen molar-refractivity contribution >= 4 is 15.8 Å². The van der Waals surface area contributed by atoms with Crippen LogP contribution in [0.25, 0.3) is 0 Å². The zero-order valence-electron chi connectivity index (χ0n) is 11.8. The predicted octanol–water partition coefficient (Wildman–Crippen LogP) is 1.23. The molecular formula is C13H23N3O3S. The van der Waals surface area contributed by atoms with Gasteiger partial charge in [0, 0.05) is 19.3 Å². The lowest BCUT2D eigenvalue weighted by molar-refractivity contribution is 0.251. The number of hydrogen-bond donors (Lipinski definition) is 2. The molecule has 114 valence electrons. The summed E-state index contributed by atoms with van der Waals surface area (Å²) in [5, 5.41) is 9.07. The van der Waals surface area contributed by atoms with Crippen LogP contribution in [-0.4, -0.2) is 42.5 Å². The quantitative estimate of drug-likeness (QED) is 0.669. The Morgan fingerprint density at radius 2 is 2.05 bits per heavy atom. The van der Waals surface area contributed by atoms with Gasteiger partial charge >= 0.3 is 0 Å². The van der Waals surface area contributed by atoms with E-state index in [4.69, 9.17) is 10.8 Å². The van der Waals surface area contributed by atoms with Crippen LogP contribution in [0.1, 0.15) is 32.6 Å². The monoisotopic (exact) mass is 301 g/mol. The van der Waals surface area contributed by atoms with Crippen LogP contribution < -0.4 is 5.73 Å². The number of nitrogens with two attached hydrogens (primary N) is 1. The van der Waals surface area contributed by atoms with Gasteiger partial charge in [-0.05, 0) is 18.6 Å². The fraction of sp³-hybridized carbons (Fsp3) is 0.615. The number of pyridine rings is 1. The SMILES string of the molecule is CCCCCCN(CCO)S(=O)(=O)c1cccnc1N. The van der Waals surface area contributed by atoms with Crippen molar-refractivity contribution in [1.82, 2.24) is 9.29 Å². The third-order valence-electron chi connectivity index (χ3n) is 3.03. The van der Waals surface area contributed by atoms with Crippen molar-refractivity contribution in [2.24, 2.45) is 0 Å². The van der Waals surface area contributed by atoms with E-state index in [-0.39, 0.29) is 23.9 Å². The summed E-state index contributed by atoms with van der Waals surface area (Å²) in [6.07, 6.45) is 5.35. The highest BCUT2D eigenvalue weighted by Crippen LogP contribution is 2.20. The van der Waals surface area contributed by atoms with E-state index in [2.05, 4.69) is 11.9 Å². The van der Waals surface area contributed by atoms with Gasteiger partial charge in [-0.2, -0.15) is 4.31 Å². The van der Waals surface area contributed by atoms with Crippen LogP contribution >= 0.6 is 0 Å². The van der Waals surface area contributed by atoms with Gasteiger partial charge in [-0.3, -0.25) is 0 Å². The Balaban J connectivity index is 2.86. The maximum Gasteiger partial charge on any atom is 0.246 e. The zero-order valence-corrected chi connectivity index (χ0v) is 12.6. The Labute approximate surface area is 120 Å². The van der Waals surface area contributed by atoms with Crippen LogP contribution in [-0.2, 0) is 10.0 Å². The molecule has 6 nitrogen and oxygen atoms in total. The van der Waals surface area contributed by atoms with Gasteiger partial charge in [0.15, 0.2) is 0 Å². The Kier molecular flexibility index (Phi) is 6.90. The first-order chi connectivity index (χ1) is 9.54. The van der Waals surface area contributed by atoms with Crippen LogP contribution in [0.5, 0.6) is 0 Å². The summed E-state index contributed by atoms with van der Waals surface area (Å²) < 4.78 is 26.3. The van der Waals surface area contributed by atoms with Crippen molar-refractivity contribution < 1.29 is 13.5 Å². The number of aliphatic hydroxyl groups excluding tert-OH is 1. The third kappa shape index (κ3) is 4.43. The molecule has 0 spiro atoms. The average Bonchev–Trinajstić information content (AvgIpc) is 2.42. The summed E-state index contributed by atoms with van der Waals surface area (Å²) in [6.45, 7) is 2.34. The van der Waals surface area contributed by atoms with Crippen LogP contribution in [0, 0.1) is 0 Å². The maximum absolute atomic E-state index is 12.5. The molecule has 1 aromatic rings. The van der Waals surface area contributed by atoms with Crippen molar-refractivity contribution in [3.05, 3.63) is 18.3 Å². The number of aliphatic hydroxyl groups is 1. The summed E-state index contributed by atoms with van der Waals surface area (Å²) in [7, 11) is -3.70. The van der Waals surface area contributed by atoms with Gasteiger partial charge in [0.25, 0.3) is 0 Å². The molecule has 0 aliphatic rings. The van der Waals surface area contributed by atoms with E-state index >= 15 is 0 Å². The number of unbranched alkanes of at least 4 members (excludes halogenated alkanes) is 3. The topological polar surface area (TPSA) is 96.5 Å². The standard InChI is InChI=1S/C13H23N3O3S/c1-2-3-4-5-9-16(10-11-17)20(18,19)12-7-6-8-15-13(12)14/h6-8,17H,2-5,9-11H2,1H3,(H2,14,15). The third-order valence-corrected chi connectivity index (χ3v) is 4.97. The molecule has 0 atom stereocenters. The van der Waals surface area contributed by atoms with E-state index in [1.54, 1.807) is 0 Å². The summed E-state index contributed by atoms with van der Waals surface area (Å²) in [5.74, 6) is -0.0102. The summed E-state index contributed by atoms with van der Waals surface area (Å²) in [6, 6.07) is 2.98. The van der Waals surface area contributed by atoms with E-state index in [1.165, 1.54) is 22.6 Å².